The highest BCUT2D eigenvalue weighted by Gasteiger charge is 2.47. The van der Waals surface area contributed by atoms with Crippen molar-refractivity contribution >= 4 is 23.3 Å². The van der Waals surface area contributed by atoms with Gasteiger partial charge in [0.1, 0.15) is 5.60 Å². The van der Waals surface area contributed by atoms with Gasteiger partial charge in [0.05, 0.1) is 11.1 Å². The first-order valence-electron chi connectivity index (χ1n) is 12.4. The molecule has 0 spiro atoms. The molecule has 6 nitrogen and oxygen atoms in total. The highest BCUT2D eigenvalue weighted by molar-refractivity contribution is 5.96. The second-order valence-electron chi connectivity index (χ2n) is 10.1. The highest BCUT2D eigenvalue weighted by atomic mass is 16.6. The van der Waals surface area contributed by atoms with Crippen LogP contribution >= 0.6 is 0 Å². The number of cyclic esters (lactones) is 1. The SMILES string of the molecule is CCCCN(C)c1ccc(C2(Nc3cccc(C(=O)OC(C)(C)C)c3)OC(=O)c3ccccc32)cc1. The number of nitrogens with zero attached hydrogens (tertiary/aromatic N) is 1. The van der Waals surface area contributed by atoms with E-state index >= 15 is 0 Å². The van der Waals surface area contributed by atoms with Crippen LogP contribution < -0.4 is 10.2 Å². The molecule has 1 heterocycles. The van der Waals surface area contributed by atoms with Crippen molar-refractivity contribution in [3.05, 3.63) is 95.1 Å². The molecule has 0 bridgehead atoms. The molecule has 3 aromatic carbocycles. The summed E-state index contributed by atoms with van der Waals surface area (Å²) in [6.45, 7) is 8.64. The number of hydrogen-bond acceptors (Lipinski definition) is 6. The molecule has 1 unspecified atom stereocenters. The lowest BCUT2D eigenvalue weighted by molar-refractivity contribution is 0.00678. The van der Waals surface area contributed by atoms with Crippen molar-refractivity contribution in [1.29, 1.82) is 0 Å². The number of fused-ring (bicyclic) bond motifs is 1. The summed E-state index contributed by atoms with van der Waals surface area (Å²) in [4.78, 5) is 27.8. The number of ether oxygens (including phenoxy) is 2. The van der Waals surface area contributed by atoms with E-state index in [2.05, 4.69) is 24.2 Å². The molecule has 0 amide bonds. The Morgan fingerprint density at radius 1 is 1.03 bits per heavy atom. The predicted molar refractivity (Wildman–Crippen MR) is 142 cm³/mol. The third-order valence-corrected chi connectivity index (χ3v) is 6.15. The number of carbonyl (C=O) groups excluding carboxylic acids is 2. The zero-order valence-corrected chi connectivity index (χ0v) is 21.6. The molecule has 1 aliphatic heterocycles. The van der Waals surface area contributed by atoms with Crippen molar-refractivity contribution in [3.63, 3.8) is 0 Å². The monoisotopic (exact) mass is 486 g/mol. The van der Waals surface area contributed by atoms with Crippen LogP contribution in [-0.2, 0) is 15.2 Å². The van der Waals surface area contributed by atoms with Crippen LogP contribution in [0.4, 0.5) is 11.4 Å². The Hall–Kier alpha value is -3.80. The fourth-order valence-corrected chi connectivity index (χ4v) is 4.34. The molecule has 3 aromatic rings. The van der Waals surface area contributed by atoms with Crippen LogP contribution in [0.1, 0.15) is 72.4 Å². The predicted octanol–water partition coefficient (Wildman–Crippen LogP) is 6.36. The summed E-state index contributed by atoms with van der Waals surface area (Å²) in [5.41, 5.74) is 2.32. The second-order valence-corrected chi connectivity index (χ2v) is 10.1. The van der Waals surface area contributed by atoms with E-state index in [1.165, 1.54) is 0 Å². The number of anilines is 2. The molecule has 6 heteroatoms. The third-order valence-electron chi connectivity index (χ3n) is 6.15. The Morgan fingerprint density at radius 2 is 1.75 bits per heavy atom. The van der Waals surface area contributed by atoms with E-state index in [4.69, 9.17) is 9.47 Å². The normalized spacial score (nSPS) is 16.8. The Bertz CT molecular complexity index is 1250. The van der Waals surface area contributed by atoms with E-state index in [1.54, 1.807) is 24.3 Å². The minimum absolute atomic E-state index is 0.398. The molecular weight excluding hydrogens is 452 g/mol. The first-order valence-corrected chi connectivity index (χ1v) is 12.4. The highest BCUT2D eigenvalue weighted by Crippen LogP contribution is 2.43. The lowest BCUT2D eigenvalue weighted by Crippen LogP contribution is -2.37. The fraction of sp³-hybridized carbons (Fsp3) is 0.333. The molecule has 0 fully saturated rings. The van der Waals surface area contributed by atoms with Crippen LogP contribution in [0.15, 0.2) is 72.8 Å². The Balaban J connectivity index is 1.73. The van der Waals surface area contributed by atoms with Gasteiger partial charge in [-0.05, 0) is 63.6 Å². The molecule has 1 atom stereocenters. The molecule has 0 aliphatic carbocycles. The average molecular weight is 487 g/mol. The smallest absolute Gasteiger partial charge is 0.341 e. The van der Waals surface area contributed by atoms with E-state index in [9.17, 15) is 9.59 Å². The standard InChI is InChI=1S/C30H34N2O4/c1-6-7-19-32(5)24-17-15-22(16-18-24)30(26-14-9-8-13-25(26)28(34)36-30)31-23-12-10-11-21(20-23)27(33)35-29(2,3)4/h8-18,20,31H,6-7,19H2,1-5H3. The Kier molecular flexibility index (Phi) is 7.07. The number of benzene rings is 3. The van der Waals surface area contributed by atoms with E-state index in [0.717, 1.165) is 36.2 Å². The van der Waals surface area contributed by atoms with Crippen LogP contribution in [0.25, 0.3) is 0 Å². The lowest BCUT2D eigenvalue weighted by Gasteiger charge is -2.32. The third kappa shape index (κ3) is 5.23. The summed E-state index contributed by atoms with van der Waals surface area (Å²) >= 11 is 0. The molecule has 1 aliphatic rings. The summed E-state index contributed by atoms with van der Waals surface area (Å²) in [5.74, 6) is -0.811. The van der Waals surface area contributed by atoms with Gasteiger partial charge in [-0.15, -0.1) is 0 Å². The van der Waals surface area contributed by atoms with Gasteiger partial charge in [0.15, 0.2) is 0 Å². The molecule has 1 N–H and O–H groups in total. The van der Waals surface area contributed by atoms with Gasteiger partial charge in [-0.3, -0.25) is 0 Å². The maximum atomic E-state index is 12.9. The number of esters is 2. The van der Waals surface area contributed by atoms with Crippen LogP contribution in [0.3, 0.4) is 0 Å². The number of rotatable bonds is 8. The molecule has 0 aromatic heterocycles. The van der Waals surface area contributed by atoms with Gasteiger partial charge in [0.2, 0.25) is 5.72 Å². The zero-order chi connectivity index (χ0) is 25.9. The Labute approximate surface area is 213 Å². The maximum Gasteiger partial charge on any atom is 0.341 e. The van der Waals surface area contributed by atoms with Gasteiger partial charge in [0, 0.05) is 36.1 Å². The van der Waals surface area contributed by atoms with Crippen molar-refractivity contribution in [2.24, 2.45) is 0 Å². The first-order chi connectivity index (χ1) is 17.1. The molecule has 188 valence electrons. The minimum Gasteiger partial charge on any atom is -0.456 e. The van der Waals surface area contributed by atoms with Gasteiger partial charge >= 0.3 is 11.9 Å². The number of carbonyl (C=O) groups is 2. The molecule has 36 heavy (non-hydrogen) atoms. The van der Waals surface area contributed by atoms with E-state index in [1.807, 2.05) is 69.3 Å². The first kappa shape index (κ1) is 25.3. The zero-order valence-electron chi connectivity index (χ0n) is 21.6. The summed E-state index contributed by atoms with van der Waals surface area (Å²) in [6, 6.07) is 22.5. The van der Waals surface area contributed by atoms with Crippen molar-refractivity contribution in [2.45, 2.75) is 51.9 Å². The molecule has 0 saturated heterocycles. The van der Waals surface area contributed by atoms with Gasteiger partial charge in [-0.1, -0.05) is 49.7 Å². The van der Waals surface area contributed by atoms with Crippen LogP contribution in [0.5, 0.6) is 0 Å². The van der Waals surface area contributed by atoms with Crippen molar-refractivity contribution in [1.82, 2.24) is 0 Å². The van der Waals surface area contributed by atoms with Gasteiger partial charge in [-0.25, -0.2) is 9.59 Å². The summed E-state index contributed by atoms with van der Waals surface area (Å²) in [7, 11) is 2.08. The molecular formula is C30H34N2O4. The largest absolute Gasteiger partial charge is 0.456 e. The summed E-state index contributed by atoms with van der Waals surface area (Å²) in [5, 5.41) is 3.43. The van der Waals surface area contributed by atoms with Crippen molar-refractivity contribution in [2.75, 3.05) is 23.8 Å². The maximum absolute atomic E-state index is 12.9. The van der Waals surface area contributed by atoms with E-state index < -0.39 is 23.3 Å². The molecule has 4 rings (SSSR count). The molecule has 0 saturated carbocycles. The minimum atomic E-state index is -1.24. The van der Waals surface area contributed by atoms with Gasteiger partial charge in [-0.2, -0.15) is 0 Å². The van der Waals surface area contributed by atoms with Crippen molar-refractivity contribution in [3.8, 4) is 0 Å². The van der Waals surface area contributed by atoms with E-state index in [0.29, 0.717) is 16.8 Å². The lowest BCUT2D eigenvalue weighted by atomic mass is 9.92. The van der Waals surface area contributed by atoms with Gasteiger partial charge < -0.3 is 19.7 Å². The average Bonchev–Trinajstić information content (AvgIpc) is 3.14. The Morgan fingerprint density at radius 3 is 2.44 bits per heavy atom. The fourth-order valence-electron chi connectivity index (χ4n) is 4.34. The summed E-state index contributed by atoms with van der Waals surface area (Å²) in [6.07, 6.45) is 2.24. The second kappa shape index (κ2) is 10.1. The van der Waals surface area contributed by atoms with Crippen LogP contribution in [0, 0.1) is 0 Å². The van der Waals surface area contributed by atoms with Crippen molar-refractivity contribution < 1.29 is 19.1 Å². The number of hydrogen-bond donors (Lipinski definition) is 1. The summed E-state index contributed by atoms with van der Waals surface area (Å²) < 4.78 is 11.6. The number of unbranched alkanes of at least 4 members (excludes halogenated alkanes) is 1. The quantitative estimate of drug-likeness (QED) is 0.374. The van der Waals surface area contributed by atoms with E-state index in [-0.39, 0.29) is 0 Å². The topological polar surface area (TPSA) is 67.9 Å². The van der Waals surface area contributed by atoms with Crippen LogP contribution in [0.2, 0.25) is 0 Å². The molecule has 0 radical (unpaired) electrons. The van der Waals surface area contributed by atoms with Gasteiger partial charge in [0.25, 0.3) is 0 Å². The number of nitrogens with one attached hydrogen (secondary N) is 1. The van der Waals surface area contributed by atoms with Crippen LogP contribution in [-0.4, -0.2) is 31.1 Å².